The van der Waals surface area contributed by atoms with Gasteiger partial charge in [0.05, 0.1) is 19.3 Å². The second-order valence-electron chi connectivity index (χ2n) is 3.10. The van der Waals surface area contributed by atoms with Gasteiger partial charge in [0.25, 0.3) is 0 Å². The molecule has 2 rings (SSSR count). The lowest BCUT2D eigenvalue weighted by molar-refractivity contribution is 0.414. The number of benzene rings is 1. The Morgan fingerprint density at radius 2 is 2.38 bits per heavy atom. The van der Waals surface area contributed by atoms with Gasteiger partial charge in [-0.3, -0.25) is 0 Å². The van der Waals surface area contributed by atoms with Gasteiger partial charge in [-0.2, -0.15) is 0 Å². The van der Waals surface area contributed by atoms with E-state index < -0.39 is 0 Å². The van der Waals surface area contributed by atoms with E-state index >= 15 is 0 Å². The van der Waals surface area contributed by atoms with Crippen LogP contribution in [0.2, 0.25) is 0 Å². The third-order valence-electron chi connectivity index (χ3n) is 2.04. The molecule has 0 atom stereocenters. The number of rotatable bonds is 4. The summed E-state index contributed by atoms with van der Waals surface area (Å²) in [6, 6.07) is 5.79. The monoisotopic (exact) mass is 299 g/mol. The lowest BCUT2D eigenvalue weighted by Crippen LogP contribution is -2.00. The van der Waals surface area contributed by atoms with E-state index in [0.29, 0.717) is 6.54 Å². The molecule has 1 aromatic heterocycles. The molecule has 1 heterocycles. The fraction of sp³-hybridized carbons (Fsp3) is 0.200. The maximum absolute atomic E-state index is 5.12. The van der Waals surface area contributed by atoms with Crippen LogP contribution in [0.4, 0.5) is 5.69 Å². The zero-order valence-electron chi connectivity index (χ0n) is 8.61. The maximum atomic E-state index is 5.12. The van der Waals surface area contributed by atoms with Crippen LogP contribution in [0.5, 0.6) is 5.75 Å². The molecule has 16 heavy (non-hydrogen) atoms. The molecule has 0 fully saturated rings. The standard InChI is InChI=1S/C10H10BrN3OS/c1-15-8-2-3-10(9(11)4-8)12-5-7-6-16-14-13-7/h2-4,6,12H,5H2,1H3. The highest BCUT2D eigenvalue weighted by atomic mass is 79.9. The Hall–Kier alpha value is -1.14. The lowest BCUT2D eigenvalue weighted by atomic mass is 10.3. The zero-order valence-corrected chi connectivity index (χ0v) is 11.0. The van der Waals surface area contributed by atoms with E-state index in [0.717, 1.165) is 21.6 Å². The van der Waals surface area contributed by atoms with Gasteiger partial charge in [-0.05, 0) is 45.7 Å². The number of ether oxygens (including phenoxy) is 1. The highest BCUT2D eigenvalue weighted by molar-refractivity contribution is 9.10. The normalized spacial score (nSPS) is 10.1. The van der Waals surface area contributed by atoms with E-state index in [1.54, 1.807) is 7.11 Å². The number of halogens is 1. The summed E-state index contributed by atoms with van der Waals surface area (Å²) in [6.45, 7) is 0.668. The molecule has 0 aliphatic carbocycles. The van der Waals surface area contributed by atoms with Crippen LogP contribution in [0.1, 0.15) is 5.69 Å². The molecule has 1 aromatic carbocycles. The fourth-order valence-electron chi connectivity index (χ4n) is 1.21. The third-order valence-corrected chi connectivity index (χ3v) is 3.25. The predicted molar refractivity (Wildman–Crippen MR) is 67.9 cm³/mol. The van der Waals surface area contributed by atoms with Crippen LogP contribution in [0.25, 0.3) is 0 Å². The zero-order chi connectivity index (χ0) is 11.4. The molecule has 2 aromatic rings. The van der Waals surface area contributed by atoms with Crippen molar-refractivity contribution in [3.8, 4) is 5.75 Å². The van der Waals surface area contributed by atoms with Crippen LogP contribution < -0.4 is 10.1 Å². The van der Waals surface area contributed by atoms with Crippen LogP contribution in [-0.4, -0.2) is 16.7 Å². The SMILES string of the molecule is COc1ccc(NCc2csnn2)c(Br)c1. The molecule has 84 valence electrons. The lowest BCUT2D eigenvalue weighted by Gasteiger charge is -2.08. The van der Waals surface area contributed by atoms with Crippen LogP contribution >= 0.6 is 27.5 Å². The largest absolute Gasteiger partial charge is 0.497 e. The summed E-state index contributed by atoms with van der Waals surface area (Å²) in [7, 11) is 1.65. The van der Waals surface area contributed by atoms with Crippen molar-refractivity contribution < 1.29 is 4.74 Å². The Morgan fingerprint density at radius 3 is 3.00 bits per heavy atom. The van der Waals surface area contributed by atoms with Crippen molar-refractivity contribution in [1.82, 2.24) is 9.59 Å². The summed E-state index contributed by atoms with van der Waals surface area (Å²) in [5.74, 6) is 0.827. The Bertz CT molecular complexity index is 461. The van der Waals surface area contributed by atoms with E-state index in [9.17, 15) is 0 Å². The second-order valence-corrected chi connectivity index (χ2v) is 4.56. The Labute approximate surface area is 106 Å². The smallest absolute Gasteiger partial charge is 0.120 e. The molecule has 0 bridgehead atoms. The van der Waals surface area contributed by atoms with Gasteiger partial charge in [0.15, 0.2) is 0 Å². The van der Waals surface area contributed by atoms with Gasteiger partial charge in [0, 0.05) is 15.5 Å². The molecule has 0 radical (unpaired) electrons. The molecule has 0 spiro atoms. The summed E-state index contributed by atoms with van der Waals surface area (Å²) < 4.78 is 9.89. The second kappa shape index (κ2) is 5.27. The van der Waals surface area contributed by atoms with Gasteiger partial charge >= 0.3 is 0 Å². The molecule has 0 amide bonds. The van der Waals surface area contributed by atoms with Crippen molar-refractivity contribution in [3.63, 3.8) is 0 Å². The topological polar surface area (TPSA) is 47.0 Å². The number of anilines is 1. The van der Waals surface area contributed by atoms with Crippen molar-refractivity contribution in [3.05, 3.63) is 33.7 Å². The first-order valence-corrected chi connectivity index (χ1v) is 6.26. The highest BCUT2D eigenvalue weighted by Gasteiger charge is 2.02. The van der Waals surface area contributed by atoms with E-state index in [2.05, 4.69) is 30.8 Å². The molecule has 6 heteroatoms. The third kappa shape index (κ3) is 2.70. The first-order valence-electron chi connectivity index (χ1n) is 4.63. The van der Waals surface area contributed by atoms with Gasteiger partial charge in [-0.1, -0.05) is 4.49 Å². The molecule has 0 aliphatic rings. The van der Waals surface area contributed by atoms with Crippen molar-refractivity contribution >= 4 is 33.1 Å². The van der Waals surface area contributed by atoms with Crippen LogP contribution in [0, 0.1) is 0 Å². The van der Waals surface area contributed by atoms with Gasteiger partial charge in [-0.15, -0.1) is 5.10 Å². The number of hydrogen-bond donors (Lipinski definition) is 1. The summed E-state index contributed by atoms with van der Waals surface area (Å²) in [4.78, 5) is 0. The van der Waals surface area contributed by atoms with Crippen molar-refractivity contribution in [2.75, 3.05) is 12.4 Å². The van der Waals surface area contributed by atoms with E-state index in [4.69, 9.17) is 4.74 Å². The Kier molecular flexibility index (Phi) is 3.74. The van der Waals surface area contributed by atoms with E-state index in [1.807, 2.05) is 23.6 Å². The quantitative estimate of drug-likeness (QED) is 0.943. The van der Waals surface area contributed by atoms with Crippen LogP contribution in [0.3, 0.4) is 0 Å². The number of nitrogens with zero attached hydrogens (tertiary/aromatic N) is 2. The highest BCUT2D eigenvalue weighted by Crippen LogP contribution is 2.27. The van der Waals surface area contributed by atoms with E-state index in [1.165, 1.54) is 11.5 Å². The molecule has 0 saturated carbocycles. The Balaban J connectivity index is 2.04. The average Bonchev–Trinajstić information content (AvgIpc) is 2.80. The minimum atomic E-state index is 0.668. The number of nitrogens with one attached hydrogen (secondary N) is 1. The van der Waals surface area contributed by atoms with Gasteiger partial charge in [0.1, 0.15) is 5.75 Å². The van der Waals surface area contributed by atoms with Crippen molar-refractivity contribution in [2.45, 2.75) is 6.54 Å². The number of methoxy groups -OCH3 is 1. The Morgan fingerprint density at radius 1 is 1.50 bits per heavy atom. The molecule has 1 N–H and O–H groups in total. The molecule has 0 aliphatic heterocycles. The predicted octanol–water partition coefficient (Wildman–Crippen LogP) is 2.92. The van der Waals surface area contributed by atoms with E-state index in [-0.39, 0.29) is 0 Å². The molecule has 4 nitrogen and oxygen atoms in total. The summed E-state index contributed by atoms with van der Waals surface area (Å²) in [5.41, 5.74) is 1.95. The minimum Gasteiger partial charge on any atom is -0.497 e. The first kappa shape index (κ1) is 11.3. The van der Waals surface area contributed by atoms with Crippen LogP contribution in [-0.2, 0) is 6.54 Å². The molecule has 0 unspecified atom stereocenters. The number of aromatic nitrogens is 2. The van der Waals surface area contributed by atoms with Gasteiger partial charge in [0.2, 0.25) is 0 Å². The van der Waals surface area contributed by atoms with Gasteiger partial charge < -0.3 is 10.1 Å². The minimum absolute atomic E-state index is 0.668. The molecular formula is C10H10BrN3OS. The molecule has 0 saturated heterocycles. The van der Waals surface area contributed by atoms with Gasteiger partial charge in [-0.25, -0.2) is 0 Å². The van der Waals surface area contributed by atoms with Crippen molar-refractivity contribution in [2.24, 2.45) is 0 Å². The summed E-state index contributed by atoms with van der Waals surface area (Å²) >= 11 is 4.83. The summed E-state index contributed by atoms with van der Waals surface area (Å²) in [6.07, 6.45) is 0. The first-order chi connectivity index (χ1) is 7.79. The average molecular weight is 300 g/mol. The number of hydrogen-bond acceptors (Lipinski definition) is 5. The van der Waals surface area contributed by atoms with Crippen LogP contribution in [0.15, 0.2) is 28.1 Å². The fourth-order valence-corrected chi connectivity index (χ4v) is 2.16. The van der Waals surface area contributed by atoms with Crippen molar-refractivity contribution in [1.29, 1.82) is 0 Å². The summed E-state index contributed by atoms with van der Waals surface area (Å²) in [5, 5.41) is 9.15. The maximum Gasteiger partial charge on any atom is 0.120 e. The molecular weight excluding hydrogens is 290 g/mol.